The smallest absolute Gasteiger partial charge is 0.154 e. The molecule has 0 aromatic heterocycles. The molecule has 0 bridgehead atoms. The molecule has 0 aliphatic carbocycles. The molecular weight excluding hydrogens is 296 g/mol. The van der Waals surface area contributed by atoms with Crippen molar-refractivity contribution in [3.63, 3.8) is 0 Å². The van der Waals surface area contributed by atoms with Crippen molar-refractivity contribution in [2.45, 2.75) is 51.9 Å². The molecular formula is C17H26N2S2. The van der Waals surface area contributed by atoms with E-state index in [1.165, 1.54) is 44.9 Å². The van der Waals surface area contributed by atoms with Crippen molar-refractivity contribution in [2.75, 3.05) is 5.75 Å². The molecule has 1 aromatic carbocycles. The molecule has 116 valence electrons. The van der Waals surface area contributed by atoms with Crippen LogP contribution in [0, 0.1) is 0 Å². The molecule has 4 heteroatoms. The van der Waals surface area contributed by atoms with Gasteiger partial charge in [0, 0.05) is 5.75 Å². The SMILES string of the molecule is CCCCCCCCCSC(=S)N/N=C\c1ccccc1. The van der Waals surface area contributed by atoms with Crippen molar-refractivity contribution in [3.05, 3.63) is 35.9 Å². The van der Waals surface area contributed by atoms with Gasteiger partial charge in [-0.1, -0.05) is 99.8 Å². The number of unbranched alkanes of at least 4 members (excludes halogenated alkanes) is 6. The predicted molar refractivity (Wildman–Crippen MR) is 100 cm³/mol. The van der Waals surface area contributed by atoms with Gasteiger partial charge in [-0.2, -0.15) is 5.10 Å². The minimum atomic E-state index is 0.758. The molecule has 0 unspecified atom stereocenters. The average molecular weight is 323 g/mol. The lowest BCUT2D eigenvalue weighted by Gasteiger charge is -2.03. The fourth-order valence-corrected chi connectivity index (χ4v) is 2.91. The number of hydrogen-bond acceptors (Lipinski definition) is 3. The number of thiocarbonyl (C=S) groups is 1. The van der Waals surface area contributed by atoms with Gasteiger partial charge < -0.3 is 0 Å². The molecule has 0 radical (unpaired) electrons. The number of nitrogens with zero attached hydrogens (tertiary/aromatic N) is 1. The summed E-state index contributed by atoms with van der Waals surface area (Å²) in [6.07, 6.45) is 11.2. The summed E-state index contributed by atoms with van der Waals surface area (Å²) in [5.41, 5.74) is 3.99. The lowest BCUT2D eigenvalue weighted by Crippen LogP contribution is -2.11. The Hall–Kier alpha value is -0.870. The first kappa shape index (κ1) is 18.2. The molecule has 0 atom stereocenters. The van der Waals surface area contributed by atoms with Gasteiger partial charge in [-0.25, -0.2) is 0 Å². The van der Waals surface area contributed by atoms with Crippen molar-refractivity contribution in [1.29, 1.82) is 0 Å². The Balaban J connectivity index is 1.98. The van der Waals surface area contributed by atoms with Crippen molar-refractivity contribution in [2.24, 2.45) is 5.10 Å². The second-order valence-corrected chi connectivity index (χ2v) is 6.81. The quantitative estimate of drug-likeness (QED) is 0.271. The molecule has 0 fully saturated rings. The molecule has 0 saturated heterocycles. The van der Waals surface area contributed by atoms with Crippen LogP contribution >= 0.6 is 24.0 Å². The minimum Gasteiger partial charge on any atom is -0.262 e. The predicted octanol–water partition coefficient (Wildman–Crippen LogP) is 5.38. The van der Waals surface area contributed by atoms with Crippen LogP contribution in [-0.4, -0.2) is 16.3 Å². The summed E-state index contributed by atoms with van der Waals surface area (Å²) in [5, 5.41) is 4.15. The fraction of sp³-hybridized carbons (Fsp3) is 0.529. The highest BCUT2D eigenvalue weighted by molar-refractivity contribution is 8.22. The second-order valence-electron chi connectivity index (χ2n) is 5.04. The normalized spacial score (nSPS) is 10.9. The summed E-state index contributed by atoms with van der Waals surface area (Å²) < 4.78 is 0.758. The first-order chi connectivity index (χ1) is 10.3. The highest BCUT2D eigenvalue weighted by Gasteiger charge is 1.96. The Morgan fingerprint density at radius 2 is 1.76 bits per heavy atom. The molecule has 0 aliphatic heterocycles. The summed E-state index contributed by atoms with van der Waals surface area (Å²) in [4.78, 5) is 0. The van der Waals surface area contributed by atoms with Crippen LogP contribution in [0.15, 0.2) is 35.4 Å². The minimum absolute atomic E-state index is 0.758. The number of benzene rings is 1. The van der Waals surface area contributed by atoms with Crippen molar-refractivity contribution in [3.8, 4) is 0 Å². The first-order valence-electron chi connectivity index (χ1n) is 7.84. The largest absolute Gasteiger partial charge is 0.262 e. The molecule has 21 heavy (non-hydrogen) atoms. The van der Waals surface area contributed by atoms with E-state index in [1.54, 1.807) is 18.0 Å². The van der Waals surface area contributed by atoms with Crippen LogP contribution < -0.4 is 5.43 Å². The molecule has 0 spiro atoms. The monoisotopic (exact) mass is 322 g/mol. The van der Waals surface area contributed by atoms with E-state index in [9.17, 15) is 0 Å². The molecule has 0 heterocycles. The highest BCUT2D eigenvalue weighted by atomic mass is 32.2. The maximum Gasteiger partial charge on any atom is 0.154 e. The van der Waals surface area contributed by atoms with Crippen molar-refractivity contribution >= 4 is 34.5 Å². The van der Waals surface area contributed by atoms with E-state index in [0.717, 1.165) is 15.6 Å². The van der Waals surface area contributed by atoms with E-state index in [2.05, 4.69) is 17.5 Å². The van der Waals surface area contributed by atoms with Gasteiger partial charge in [0.25, 0.3) is 0 Å². The van der Waals surface area contributed by atoms with Crippen LogP contribution in [0.1, 0.15) is 57.4 Å². The Bertz CT molecular complexity index is 405. The molecule has 0 saturated carbocycles. The van der Waals surface area contributed by atoms with E-state index >= 15 is 0 Å². The van der Waals surface area contributed by atoms with Crippen LogP contribution in [0.5, 0.6) is 0 Å². The lowest BCUT2D eigenvalue weighted by molar-refractivity contribution is 0.604. The van der Waals surface area contributed by atoms with Gasteiger partial charge in [0.15, 0.2) is 4.32 Å². The fourth-order valence-electron chi connectivity index (χ4n) is 1.95. The Morgan fingerprint density at radius 1 is 1.10 bits per heavy atom. The lowest BCUT2D eigenvalue weighted by atomic mass is 10.1. The van der Waals surface area contributed by atoms with Crippen LogP contribution in [0.4, 0.5) is 0 Å². The van der Waals surface area contributed by atoms with Gasteiger partial charge in [0.2, 0.25) is 0 Å². The first-order valence-corrected chi connectivity index (χ1v) is 9.23. The topological polar surface area (TPSA) is 24.4 Å². The summed E-state index contributed by atoms with van der Waals surface area (Å²) >= 11 is 6.93. The van der Waals surface area contributed by atoms with E-state index in [-0.39, 0.29) is 0 Å². The number of thioether (sulfide) groups is 1. The van der Waals surface area contributed by atoms with Gasteiger partial charge in [-0.15, -0.1) is 0 Å². The van der Waals surface area contributed by atoms with Crippen LogP contribution in [0.3, 0.4) is 0 Å². The van der Waals surface area contributed by atoms with Gasteiger partial charge in [0.05, 0.1) is 6.21 Å². The van der Waals surface area contributed by atoms with E-state index < -0.39 is 0 Å². The molecule has 2 nitrogen and oxygen atoms in total. The summed E-state index contributed by atoms with van der Waals surface area (Å²) in [5.74, 6) is 1.08. The van der Waals surface area contributed by atoms with Crippen molar-refractivity contribution in [1.82, 2.24) is 5.43 Å². The van der Waals surface area contributed by atoms with Crippen LogP contribution in [0.25, 0.3) is 0 Å². The maximum atomic E-state index is 5.24. The highest BCUT2D eigenvalue weighted by Crippen LogP contribution is 2.11. The average Bonchev–Trinajstić information content (AvgIpc) is 2.51. The number of rotatable bonds is 10. The molecule has 1 aromatic rings. The Kier molecular flexibility index (Phi) is 11.1. The Labute approximate surface area is 138 Å². The standard InChI is InChI=1S/C17H26N2S2/c1-2-3-4-5-6-7-11-14-21-17(20)19-18-15-16-12-9-8-10-13-16/h8-10,12-13,15H,2-7,11,14H2,1H3,(H,19,20)/b18-15-. The molecule has 1 N–H and O–H groups in total. The Morgan fingerprint density at radius 3 is 2.48 bits per heavy atom. The van der Waals surface area contributed by atoms with E-state index in [0.29, 0.717) is 0 Å². The second kappa shape index (κ2) is 12.8. The maximum absolute atomic E-state index is 5.24. The van der Waals surface area contributed by atoms with Crippen molar-refractivity contribution < 1.29 is 0 Å². The molecule has 1 rings (SSSR count). The van der Waals surface area contributed by atoms with Crippen LogP contribution in [-0.2, 0) is 0 Å². The number of hydrogen-bond donors (Lipinski definition) is 1. The zero-order valence-corrected chi connectivity index (χ0v) is 14.5. The molecule has 0 aliphatic rings. The third-order valence-electron chi connectivity index (χ3n) is 3.15. The number of hydrazone groups is 1. The summed E-state index contributed by atoms with van der Waals surface area (Å²) in [6.45, 7) is 2.25. The summed E-state index contributed by atoms with van der Waals surface area (Å²) in [6, 6.07) is 10.0. The zero-order chi connectivity index (χ0) is 15.2. The van der Waals surface area contributed by atoms with E-state index in [1.807, 2.05) is 30.3 Å². The van der Waals surface area contributed by atoms with Gasteiger partial charge in [-0.05, 0) is 12.0 Å². The van der Waals surface area contributed by atoms with Crippen LogP contribution in [0.2, 0.25) is 0 Å². The summed E-state index contributed by atoms with van der Waals surface area (Å²) in [7, 11) is 0. The van der Waals surface area contributed by atoms with Gasteiger partial charge in [-0.3, -0.25) is 5.43 Å². The van der Waals surface area contributed by atoms with E-state index in [4.69, 9.17) is 12.2 Å². The zero-order valence-electron chi connectivity index (χ0n) is 12.9. The number of nitrogens with one attached hydrogen (secondary N) is 1. The van der Waals surface area contributed by atoms with Gasteiger partial charge in [0.1, 0.15) is 0 Å². The van der Waals surface area contributed by atoms with Gasteiger partial charge >= 0.3 is 0 Å². The molecule has 0 amide bonds. The third-order valence-corrected chi connectivity index (χ3v) is 4.44. The third kappa shape index (κ3) is 10.5.